The van der Waals surface area contributed by atoms with Crippen LogP contribution >= 0.6 is 23.0 Å². The quantitative estimate of drug-likeness (QED) is 0.353. The van der Waals surface area contributed by atoms with Gasteiger partial charge in [-0.1, -0.05) is 0 Å². The molecule has 0 amide bonds. The van der Waals surface area contributed by atoms with E-state index in [-0.39, 0.29) is 0 Å². The third-order valence-corrected chi connectivity index (χ3v) is 4.03. The largest absolute Gasteiger partial charge is 0.469 e. The normalized spacial score (nSPS) is 13.0. The Morgan fingerprint density at radius 2 is 1.07 bits per heavy atom. The van der Waals surface area contributed by atoms with Crippen LogP contribution in [-0.4, -0.2) is 42.4 Å². The summed E-state index contributed by atoms with van der Waals surface area (Å²) in [6.07, 6.45) is 0. The Bertz CT molecular complexity index is 283. The first-order chi connectivity index (χ1) is 6.27. The molecule has 94 valence electrons. The maximum absolute atomic E-state index is 9.85. The molecule has 0 aromatic rings. The highest BCUT2D eigenvalue weighted by molar-refractivity contribution is 7.69. The molecule has 0 aliphatic carbocycles. The highest BCUT2D eigenvalue weighted by atomic mass is 31.2. The molecule has 0 saturated heterocycles. The van der Waals surface area contributed by atoms with Gasteiger partial charge in [-0.05, 0) is 0 Å². The molecule has 0 aliphatic heterocycles. The second-order valence-electron chi connectivity index (χ2n) is 2.14. The molecule has 0 aromatic heterocycles. The minimum absolute atomic E-state index is 0.945. The van der Waals surface area contributed by atoms with Gasteiger partial charge >= 0.3 is 23.0 Å². The van der Waals surface area contributed by atoms with Gasteiger partial charge in [-0.15, -0.1) is 0 Å². The lowest BCUT2D eigenvalue weighted by Gasteiger charge is -2.03. The summed E-state index contributed by atoms with van der Waals surface area (Å²) in [6.45, 7) is 0. The van der Waals surface area contributed by atoms with Crippen LogP contribution in [0.3, 0.4) is 0 Å². The van der Waals surface area contributed by atoms with E-state index >= 15 is 0 Å². The van der Waals surface area contributed by atoms with Crippen molar-refractivity contribution in [3.05, 3.63) is 0 Å². The van der Waals surface area contributed by atoms with Crippen LogP contribution < -0.4 is 0 Å². The van der Waals surface area contributed by atoms with Crippen LogP contribution in [-0.2, 0) is 18.2 Å². The molecule has 0 spiro atoms. The summed E-state index contributed by atoms with van der Waals surface area (Å²) in [5, 5.41) is 0. The molecule has 15 heavy (non-hydrogen) atoms. The number of phosphoric ester groups is 1. The van der Waals surface area contributed by atoms with E-state index in [4.69, 9.17) is 29.4 Å². The molecule has 0 fully saturated rings. The molecule has 0 bridgehead atoms. The van der Waals surface area contributed by atoms with Gasteiger partial charge in [0.25, 0.3) is 0 Å². The maximum atomic E-state index is 9.85. The molecular formula is C2H11O10P3. The SMILES string of the molecule is COP(=O)(O)O.O=P(O)(O)CP(=O)(O)O. The van der Waals surface area contributed by atoms with Crippen molar-refractivity contribution in [3.8, 4) is 0 Å². The lowest BCUT2D eigenvalue weighted by Crippen LogP contribution is -1.88. The molecule has 0 aliphatic rings. The zero-order chi connectivity index (χ0) is 12.9. The smallest absolute Gasteiger partial charge is 0.324 e. The molecule has 0 unspecified atom stereocenters. The fourth-order valence-corrected chi connectivity index (χ4v) is 2.16. The summed E-state index contributed by atoms with van der Waals surface area (Å²) in [7, 11) is -12.3. The summed E-state index contributed by atoms with van der Waals surface area (Å²) >= 11 is 0. The van der Waals surface area contributed by atoms with Crippen molar-refractivity contribution in [3.63, 3.8) is 0 Å². The third kappa shape index (κ3) is 25.1. The second-order valence-corrected chi connectivity index (χ2v) is 7.28. The summed E-state index contributed by atoms with van der Waals surface area (Å²) in [4.78, 5) is 47.3. The topological polar surface area (TPSA) is 182 Å². The van der Waals surface area contributed by atoms with Crippen molar-refractivity contribution in [2.45, 2.75) is 0 Å². The van der Waals surface area contributed by atoms with Crippen molar-refractivity contribution in [2.75, 3.05) is 13.0 Å². The predicted molar refractivity (Wildman–Crippen MR) is 48.0 cm³/mol. The Morgan fingerprint density at radius 3 is 1.07 bits per heavy atom. The summed E-state index contributed by atoms with van der Waals surface area (Å²) in [5.41, 5.74) is 0. The molecule has 6 N–H and O–H groups in total. The Hall–Kier alpha value is 0.410. The number of hydrogen-bond acceptors (Lipinski definition) is 4. The van der Waals surface area contributed by atoms with E-state index in [1.165, 1.54) is 0 Å². The van der Waals surface area contributed by atoms with Crippen LogP contribution in [0.2, 0.25) is 0 Å². The summed E-state index contributed by atoms with van der Waals surface area (Å²) in [6, 6.07) is 0. The molecule has 10 nitrogen and oxygen atoms in total. The average Bonchev–Trinajstić information content (AvgIpc) is 1.78. The van der Waals surface area contributed by atoms with Gasteiger partial charge in [0.1, 0.15) is 0 Å². The number of phosphoric acid groups is 1. The van der Waals surface area contributed by atoms with Gasteiger partial charge in [0.05, 0.1) is 0 Å². The van der Waals surface area contributed by atoms with Gasteiger partial charge < -0.3 is 29.4 Å². The van der Waals surface area contributed by atoms with Crippen LogP contribution in [0.1, 0.15) is 0 Å². The van der Waals surface area contributed by atoms with Crippen molar-refractivity contribution in [1.29, 1.82) is 0 Å². The van der Waals surface area contributed by atoms with Gasteiger partial charge in [-0.25, -0.2) is 4.57 Å². The van der Waals surface area contributed by atoms with Crippen LogP contribution in [0.25, 0.3) is 0 Å². The standard InChI is InChI=1S/CH6O6P2.CH5O4P/c2-8(3,4)1-9(5,6)7;1-5-6(2,3)4/h1H2,(H2,2,3,4)(H2,5,6,7);1H3,(H2,2,3,4). The van der Waals surface area contributed by atoms with Gasteiger partial charge in [-0.2, -0.15) is 0 Å². The fraction of sp³-hybridized carbons (Fsp3) is 1.00. The van der Waals surface area contributed by atoms with Crippen molar-refractivity contribution >= 4 is 23.0 Å². The minimum atomic E-state index is -4.55. The monoisotopic (exact) mass is 288 g/mol. The Labute approximate surface area is 84.5 Å². The molecule has 13 heteroatoms. The zero-order valence-electron chi connectivity index (χ0n) is 7.37. The first-order valence-corrected chi connectivity index (χ1v) is 8.10. The van der Waals surface area contributed by atoms with Gasteiger partial charge in [0, 0.05) is 7.11 Å². The number of hydrogen-bond donors (Lipinski definition) is 6. The fourth-order valence-electron chi connectivity index (χ4n) is 0.240. The highest BCUT2D eigenvalue weighted by Crippen LogP contribution is 2.51. The maximum Gasteiger partial charge on any atom is 0.469 e. The van der Waals surface area contributed by atoms with E-state index in [0.29, 0.717) is 0 Å². The minimum Gasteiger partial charge on any atom is -0.324 e. The zero-order valence-corrected chi connectivity index (χ0v) is 10.0. The summed E-state index contributed by atoms with van der Waals surface area (Å²) < 4.78 is 32.8. The van der Waals surface area contributed by atoms with Gasteiger partial charge in [0.2, 0.25) is 0 Å². The van der Waals surface area contributed by atoms with E-state index in [2.05, 4.69) is 4.52 Å². The van der Waals surface area contributed by atoms with E-state index in [1.54, 1.807) is 0 Å². The lowest BCUT2D eigenvalue weighted by molar-refractivity contribution is 0.235. The number of rotatable bonds is 3. The molecule has 0 heterocycles. The van der Waals surface area contributed by atoms with Gasteiger partial charge in [0.15, 0.2) is 5.90 Å². The van der Waals surface area contributed by atoms with Gasteiger partial charge in [-0.3, -0.25) is 13.7 Å². The summed E-state index contributed by atoms with van der Waals surface area (Å²) in [5.74, 6) is -1.38. The van der Waals surface area contributed by atoms with Crippen LogP contribution in [0.15, 0.2) is 0 Å². The highest BCUT2D eigenvalue weighted by Gasteiger charge is 2.26. The van der Waals surface area contributed by atoms with E-state index < -0.39 is 28.9 Å². The first kappa shape index (κ1) is 17.8. The van der Waals surface area contributed by atoms with Crippen LogP contribution in [0, 0.1) is 0 Å². The molecular weight excluding hydrogens is 277 g/mol. The van der Waals surface area contributed by atoms with E-state index in [0.717, 1.165) is 7.11 Å². The average molecular weight is 288 g/mol. The van der Waals surface area contributed by atoms with Crippen LogP contribution in [0.4, 0.5) is 0 Å². The van der Waals surface area contributed by atoms with E-state index in [9.17, 15) is 13.7 Å². The Balaban J connectivity index is 0. The van der Waals surface area contributed by atoms with Crippen molar-refractivity contribution < 1.29 is 47.6 Å². The van der Waals surface area contributed by atoms with Crippen molar-refractivity contribution in [1.82, 2.24) is 0 Å². The predicted octanol–water partition coefficient (Wildman–Crippen LogP) is -0.975. The van der Waals surface area contributed by atoms with E-state index in [1.807, 2.05) is 0 Å². The molecule has 0 atom stereocenters. The van der Waals surface area contributed by atoms with Crippen LogP contribution in [0.5, 0.6) is 0 Å². The Kier molecular flexibility index (Phi) is 7.38. The molecule has 0 radical (unpaired) electrons. The Morgan fingerprint density at radius 1 is 0.867 bits per heavy atom. The molecule has 0 saturated carbocycles. The molecule has 0 aromatic carbocycles. The lowest BCUT2D eigenvalue weighted by atomic mass is 11.8. The second kappa shape index (κ2) is 6.22. The first-order valence-electron chi connectivity index (χ1n) is 2.97. The third-order valence-electron chi connectivity index (χ3n) is 0.606. The van der Waals surface area contributed by atoms with Crippen molar-refractivity contribution in [2.24, 2.45) is 0 Å². The molecule has 0 rings (SSSR count).